The third kappa shape index (κ3) is 2.17. The molecule has 0 amide bonds. The second kappa shape index (κ2) is 5.22. The van der Waals surface area contributed by atoms with E-state index in [0.29, 0.717) is 17.4 Å². The minimum Gasteiger partial charge on any atom is -0.479 e. The standard InChI is InChI=1S/C14H12BrN3O2/c1-20-14-12-7-6-11(8-19)18(12)17-13(16-14)9-2-4-10(15)5-3-9/h2-7,19H,8H2,1H3. The Morgan fingerprint density at radius 1 is 1.20 bits per heavy atom. The summed E-state index contributed by atoms with van der Waals surface area (Å²) in [6.07, 6.45) is 0. The fraction of sp³-hybridized carbons (Fsp3) is 0.143. The Balaban J connectivity index is 2.23. The predicted molar refractivity (Wildman–Crippen MR) is 78.6 cm³/mol. The molecule has 5 nitrogen and oxygen atoms in total. The molecule has 0 unspecified atom stereocenters. The first-order valence-corrected chi connectivity index (χ1v) is 6.81. The van der Waals surface area contributed by atoms with Gasteiger partial charge in [0.2, 0.25) is 5.88 Å². The monoisotopic (exact) mass is 333 g/mol. The van der Waals surface area contributed by atoms with Crippen molar-refractivity contribution in [3.05, 3.63) is 46.6 Å². The molecular weight excluding hydrogens is 322 g/mol. The molecule has 0 aliphatic heterocycles. The van der Waals surface area contributed by atoms with E-state index in [1.54, 1.807) is 17.7 Å². The maximum absolute atomic E-state index is 9.36. The van der Waals surface area contributed by atoms with Gasteiger partial charge in [0.05, 0.1) is 19.4 Å². The number of ether oxygens (including phenoxy) is 1. The maximum atomic E-state index is 9.36. The minimum absolute atomic E-state index is 0.0892. The summed E-state index contributed by atoms with van der Waals surface area (Å²) in [4.78, 5) is 4.42. The van der Waals surface area contributed by atoms with Crippen molar-refractivity contribution < 1.29 is 9.84 Å². The van der Waals surface area contributed by atoms with E-state index in [1.807, 2.05) is 30.3 Å². The molecule has 0 aliphatic carbocycles. The normalized spacial score (nSPS) is 10.9. The van der Waals surface area contributed by atoms with Crippen LogP contribution in [0.25, 0.3) is 16.9 Å². The summed E-state index contributed by atoms with van der Waals surface area (Å²) in [5, 5.41) is 13.8. The molecule has 0 spiro atoms. The third-order valence-electron chi connectivity index (χ3n) is 3.01. The lowest BCUT2D eigenvalue weighted by atomic mass is 10.2. The third-order valence-corrected chi connectivity index (χ3v) is 3.54. The van der Waals surface area contributed by atoms with Gasteiger partial charge in [-0.15, -0.1) is 5.10 Å². The van der Waals surface area contributed by atoms with E-state index in [1.165, 1.54) is 0 Å². The number of hydrogen-bond acceptors (Lipinski definition) is 4. The van der Waals surface area contributed by atoms with Crippen LogP contribution >= 0.6 is 15.9 Å². The molecular formula is C14H12BrN3O2. The average molecular weight is 334 g/mol. The molecule has 3 aromatic rings. The summed E-state index contributed by atoms with van der Waals surface area (Å²) < 4.78 is 7.96. The highest BCUT2D eigenvalue weighted by atomic mass is 79.9. The van der Waals surface area contributed by atoms with Gasteiger partial charge < -0.3 is 9.84 Å². The van der Waals surface area contributed by atoms with Gasteiger partial charge in [-0.1, -0.05) is 28.1 Å². The van der Waals surface area contributed by atoms with Gasteiger partial charge in [-0.25, -0.2) is 4.52 Å². The molecule has 3 rings (SSSR count). The van der Waals surface area contributed by atoms with E-state index in [-0.39, 0.29) is 6.61 Å². The van der Waals surface area contributed by atoms with Crippen molar-refractivity contribution >= 4 is 21.4 Å². The van der Waals surface area contributed by atoms with Crippen LogP contribution < -0.4 is 4.74 Å². The van der Waals surface area contributed by atoms with Crippen LogP contribution in [0.1, 0.15) is 5.69 Å². The van der Waals surface area contributed by atoms with Crippen molar-refractivity contribution in [2.45, 2.75) is 6.61 Å². The lowest BCUT2D eigenvalue weighted by Crippen LogP contribution is -2.04. The number of hydrogen-bond donors (Lipinski definition) is 1. The van der Waals surface area contributed by atoms with Crippen molar-refractivity contribution in [2.24, 2.45) is 0 Å². The molecule has 1 aromatic carbocycles. The van der Waals surface area contributed by atoms with Gasteiger partial charge in [-0.05, 0) is 24.3 Å². The lowest BCUT2D eigenvalue weighted by molar-refractivity contribution is 0.274. The van der Waals surface area contributed by atoms with Gasteiger partial charge in [-0.2, -0.15) is 4.98 Å². The Hall–Kier alpha value is -1.92. The van der Waals surface area contributed by atoms with Crippen LogP contribution in [0.15, 0.2) is 40.9 Å². The Labute approximate surface area is 124 Å². The molecule has 0 aliphatic rings. The number of halogens is 1. The highest BCUT2D eigenvalue weighted by Gasteiger charge is 2.12. The van der Waals surface area contributed by atoms with Crippen LogP contribution in [0.4, 0.5) is 0 Å². The van der Waals surface area contributed by atoms with E-state index in [2.05, 4.69) is 26.0 Å². The number of benzene rings is 1. The summed E-state index contributed by atoms with van der Waals surface area (Å²) in [6, 6.07) is 11.3. The average Bonchev–Trinajstić information content (AvgIpc) is 2.90. The smallest absolute Gasteiger partial charge is 0.241 e. The van der Waals surface area contributed by atoms with Gasteiger partial charge >= 0.3 is 0 Å². The molecule has 1 N–H and O–H groups in total. The molecule has 0 fully saturated rings. The molecule has 0 saturated heterocycles. The second-order valence-corrected chi connectivity index (χ2v) is 5.15. The molecule has 0 radical (unpaired) electrons. The molecule has 2 aromatic heterocycles. The van der Waals surface area contributed by atoms with Gasteiger partial charge in [0, 0.05) is 10.0 Å². The van der Waals surface area contributed by atoms with Gasteiger partial charge in [-0.3, -0.25) is 0 Å². The van der Waals surface area contributed by atoms with Crippen LogP contribution in [0, 0.1) is 0 Å². The van der Waals surface area contributed by atoms with Crippen LogP contribution in [0.3, 0.4) is 0 Å². The highest BCUT2D eigenvalue weighted by molar-refractivity contribution is 9.10. The number of rotatable bonds is 3. The van der Waals surface area contributed by atoms with Crippen molar-refractivity contribution in [3.63, 3.8) is 0 Å². The molecule has 20 heavy (non-hydrogen) atoms. The van der Waals surface area contributed by atoms with Crippen LogP contribution in [0.2, 0.25) is 0 Å². The van der Waals surface area contributed by atoms with Gasteiger partial charge in [0.1, 0.15) is 5.52 Å². The van der Waals surface area contributed by atoms with Crippen molar-refractivity contribution in [3.8, 4) is 17.3 Å². The molecule has 6 heteroatoms. The van der Waals surface area contributed by atoms with E-state index in [0.717, 1.165) is 15.6 Å². The first kappa shape index (κ1) is 13.1. The molecule has 102 valence electrons. The first-order valence-electron chi connectivity index (χ1n) is 6.02. The first-order chi connectivity index (χ1) is 9.72. The SMILES string of the molecule is COc1nc(-c2ccc(Br)cc2)nn2c(CO)ccc12. The van der Waals surface area contributed by atoms with Crippen LogP contribution in [0.5, 0.6) is 5.88 Å². The van der Waals surface area contributed by atoms with E-state index in [9.17, 15) is 5.11 Å². The number of aliphatic hydroxyl groups excluding tert-OH is 1. The predicted octanol–water partition coefficient (Wildman–Crippen LogP) is 2.66. The molecule has 2 heterocycles. The Kier molecular flexibility index (Phi) is 3.42. The number of fused-ring (bicyclic) bond motifs is 1. The van der Waals surface area contributed by atoms with E-state index in [4.69, 9.17) is 4.74 Å². The maximum Gasteiger partial charge on any atom is 0.241 e. The molecule has 0 bridgehead atoms. The number of aliphatic hydroxyl groups is 1. The second-order valence-electron chi connectivity index (χ2n) is 4.23. The van der Waals surface area contributed by atoms with Gasteiger partial charge in [0.25, 0.3) is 0 Å². The summed E-state index contributed by atoms with van der Waals surface area (Å²) in [5.41, 5.74) is 2.31. The Morgan fingerprint density at radius 3 is 2.60 bits per heavy atom. The summed E-state index contributed by atoms with van der Waals surface area (Å²) in [5.74, 6) is 1.03. The van der Waals surface area contributed by atoms with Gasteiger partial charge in [0.15, 0.2) is 5.82 Å². The number of nitrogens with zero attached hydrogens (tertiary/aromatic N) is 3. The molecule has 0 saturated carbocycles. The largest absolute Gasteiger partial charge is 0.479 e. The minimum atomic E-state index is -0.0892. The zero-order valence-corrected chi connectivity index (χ0v) is 12.3. The zero-order chi connectivity index (χ0) is 14.1. The van der Waals surface area contributed by atoms with E-state index >= 15 is 0 Å². The van der Waals surface area contributed by atoms with Crippen molar-refractivity contribution in [1.29, 1.82) is 0 Å². The number of aromatic nitrogens is 3. The van der Waals surface area contributed by atoms with Crippen LogP contribution in [-0.4, -0.2) is 26.8 Å². The fourth-order valence-electron chi connectivity index (χ4n) is 2.01. The quantitative estimate of drug-likeness (QED) is 0.800. The summed E-state index contributed by atoms with van der Waals surface area (Å²) in [7, 11) is 1.57. The Bertz CT molecular complexity index is 753. The number of methoxy groups -OCH3 is 1. The van der Waals surface area contributed by atoms with Crippen LogP contribution in [-0.2, 0) is 6.61 Å². The van der Waals surface area contributed by atoms with Crippen molar-refractivity contribution in [2.75, 3.05) is 7.11 Å². The lowest BCUT2D eigenvalue weighted by Gasteiger charge is -2.07. The molecule has 0 atom stereocenters. The summed E-state index contributed by atoms with van der Waals surface area (Å²) >= 11 is 3.40. The van der Waals surface area contributed by atoms with Crippen molar-refractivity contribution in [1.82, 2.24) is 14.6 Å². The summed E-state index contributed by atoms with van der Waals surface area (Å²) in [6.45, 7) is -0.0892. The topological polar surface area (TPSA) is 59.7 Å². The zero-order valence-electron chi connectivity index (χ0n) is 10.7. The highest BCUT2D eigenvalue weighted by Crippen LogP contribution is 2.24. The Morgan fingerprint density at radius 2 is 1.95 bits per heavy atom. The fourth-order valence-corrected chi connectivity index (χ4v) is 2.28. The van der Waals surface area contributed by atoms with E-state index < -0.39 is 0 Å².